The van der Waals surface area contributed by atoms with Gasteiger partial charge in [-0.3, -0.25) is 4.79 Å². The summed E-state index contributed by atoms with van der Waals surface area (Å²) in [5.41, 5.74) is 5.68. The largest absolute Gasteiger partial charge is 0.478 e. The molecule has 0 spiro atoms. The Morgan fingerprint density at radius 2 is 1.95 bits per heavy atom. The summed E-state index contributed by atoms with van der Waals surface area (Å²) in [5.74, 6) is -1.52. The molecule has 0 aliphatic carbocycles. The van der Waals surface area contributed by atoms with Gasteiger partial charge in [0.25, 0.3) is 0 Å². The number of anilines is 1. The van der Waals surface area contributed by atoms with Crippen LogP contribution in [0.1, 0.15) is 31.1 Å². The minimum atomic E-state index is -1.11. The molecular formula is C13H17BrN2O3. The molecule has 0 bridgehead atoms. The van der Waals surface area contributed by atoms with E-state index >= 15 is 0 Å². The van der Waals surface area contributed by atoms with E-state index in [0.717, 1.165) is 0 Å². The lowest BCUT2D eigenvalue weighted by Crippen LogP contribution is -2.45. The summed E-state index contributed by atoms with van der Waals surface area (Å²) in [6, 6.07) is 3.89. The topological polar surface area (TPSA) is 92.4 Å². The fourth-order valence-electron chi connectivity index (χ4n) is 1.41. The smallest absolute Gasteiger partial charge is 0.337 e. The van der Waals surface area contributed by atoms with Crippen molar-refractivity contribution in [1.29, 1.82) is 0 Å². The number of amides is 1. The monoisotopic (exact) mass is 328 g/mol. The minimum absolute atomic E-state index is 0.0174. The zero-order chi connectivity index (χ0) is 14.8. The number of nitrogens with two attached hydrogens (primary N) is 1. The predicted octanol–water partition coefficient (Wildman–Crippen LogP) is 2.46. The Labute approximate surface area is 120 Å². The Morgan fingerprint density at radius 3 is 2.42 bits per heavy atom. The van der Waals surface area contributed by atoms with Crippen molar-refractivity contribution in [2.75, 3.05) is 5.32 Å². The maximum Gasteiger partial charge on any atom is 0.337 e. The quantitative estimate of drug-likeness (QED) is 0.794. The molecule has 1 aromatic rings. The molecular weight excluding hydrogens is 312 g/mol. The van der Waals surface area contributed by atoms with Gasteiger partial charge in [0.05, 0.1) is 17.3 Å². The van der Waals surface area contributed by atoms with Crippen molar-refractivity contribution in [3.8, 4) is 0 Å². The molecule has 1 amide bonds. The predicted molar refractivity (Wildman–Crippen MR) is 77.2 cm³/mol. The molecule has 0 saturated heterocycles. The summed E-state index contributed by atoms with van der Waals surface area (Å²) in [7, 11) is 0. The molecule has 5 nitrogen and oxygen atoms in total. The van der Waals surface area contributed by atoms with Crippen LogP contribution in [0.5, 0.6) is 0 Å². The average molecular weight is 329 g/mol. The Morgan fingerprint density at radius 1 is 1.37 bits per heavy atom. The second kappa shape index (κ2) is 5.71. The van der Waals surface area contributed by atoms with E-state index in [2.05, 4.69) is 21.2 Å². The zero-order valence-electron chi connectivity index (χ0n) is 11.0. The number of aromatic carboxylic acids is 1. The first-order valence-corrected chi connectivity index (χ1v) is 6.51. The van der Waals surface area contributed by atoms with Gasteiger partial charge in [0, 0.05) is 4.47 Å². The second-order valence-corrected chi connectivity index (χ2v) is 6.24. The first-order valence-electron chi connectivity index (χ1n) is 5.72. The molecule has 0 aliphatic heterocycles. The lowest BCUT2D eigenvalue weighted by molar-refractivity contribution is -0.119. The van der Waals surface area contributed by atoms with Gasteiger partial charge in [0.15, 0.2) is 0 Å². The van der Waals surface area contributed by atoms with E-state index < -0.39 is 23.3 Å². The third kappa shape index (κ3) is 4.04. The Hall–Kier alpha value is -1.40. The van der Waals surface area contributed by atoms with E-state index in [4.69, 9.17) is 10.8 Å². The molecule has 1 rings (SSSR count). The van der Waals surface area contributed by atoms with Gasteiger partial charge in [-0.15, -0.1) is 0 Å². The third-order valence-corrected chi connectivity index (χ3v) is 3.18. The first kappa shape index (κ1) is 15.7. The van der Waals surface area contributed by atoms with Crippen molar-refractivity contribution in [3.05, 3.63) is 28.2 Å². The Balaban J connectivity index is 3.00. The van der Waals surface area contributed by atoms with E-state index in [1.165, 1.54) is 12.1 Å². The number of hydrogen-bond acceptors (Lipinski definition) is 3. The summed E-state index contributed by atoms with van der Waals surface area (Å²) in [4.78, 5) is 23.1. The highest BCUT2D eigenvalue weighted by molar-refractivity contribution is 9.10. The van der Waals surface area contributed by atoms with Gasteiger partial charge in [-0.2, -0.15) is 0 Å². The fourth-order valence-corrected chi connectivity index (χ4v) is 1.77. The van der Waals surface area contributed by atoms with Crippen LogP contribution in [0.4, 0.5) is 5.69 Å². The number of carboxylic acid groups (broad SMARTS) is 1. The zero-order valence-corrected chi connectivity index (χ0v) is 12.6. The van der Waals surface area contributed by atoms with Crippen molar-refractivity contribution in [3.63, 3.8) is 0 Å². The molecule has 19 heavy (non-hydrogen) atoms. The van der Waals surface area contributed by atoms with Crippen LogP contribution in [0.3, 0.4) is 0 Å². The number of benzene rings is 1. The number of carbonyl (C=O) groups excluding carboxylic acids is 1. The maximum atomic E-state index is 12.0. The van der Waals surface area contributed by atoms with Crippen LogP contribution in [0.2, 0.25) is 0 Å². The third-order valence-electron chi connectivity index (χ3n) is 2.69. The minimum Gasteiger partial charge on any atom is -0.478 e. The van der Waals surface area contributed by atoms with Gasteiger partial charge in [-0.1, -0.05) is 36.7 Å². The van der Waals surface area contributed by atoms with E-state index in [0.29, 0.717) is 4.47 Å². The van der Waals surface area contributed by atoms with E-state index in [1.807, 2.05) is 20.8 Å². The summed E-state index contributed by atoms with van der Waals surface area (Å²) in [5, 5.41) is 11.7. The first-order chi connectivity index (χ1) is 8.62. The molecule has 0 radical (unpaired) electrons. The molecule has 1 unspecified atom stereocenters. The number of halogens is 1. The highest BCUT2D eigenvalue weighted by Gasteiger charge is 2.28. The van der Waals surface area contributed by atoms with Crippen LogP contribution in [-0.2, 0) is 4.79 Å². The van der Waals surface area contributed by atoms with Crippen molar-refractivity contribution in [2.45, 2.75) is 26.8 Å². The average Bonchev–Trinajstić information content (AvgIpc) is 2.28. The lowest BCUT2D eigenvalue weighted by atomic mass is 9.87. The fraction of sp³-hybridized carbons (Fsp3) is 0.385. The standard InChI is InChI=1S/C13H17BrN2O3/c1-13(2,3)10(15)11(17)16-9-5-4-7(14)6-8(9)12(18)19/h4-6,10H,15H2,1-3H3,(H,16,17)(H,18,19). The van der Waals surface area contributed by atoms with Crippen LogP contribution < -0.4 is 11.1 Å². The Kier molecular flexibility index (Phi) is 4.70. The molecule has 0 saturated carbocycles. The molecule has 6 heteroatoms. The summed E-state index contributed by atoms with van der Waals surface area (Å²) < 4.78 is 0.628. The molecule has 104 valence electrons. The van der Waals surface area contributed by atoms with E-state index in [9.17, 15) is 9.59 Å². The SMILES string of the molecule is CC(C)(C)C(N)C(=O)Nc1ccc(Br)cc1C(=O)O. The van der Waals surface area contributed by atoms with Crippen molar-refractivity contribution < 1.29 is 14.7 Å². The molecule has 0 fully saturated rings. The van der Waals surface area contributed by atoms with Crippen molar-refractivity contribution >= 4 is 33.5 Å². The van der Waals surface area contributed by atoms with Gasteiger partial charge in [0.1, 0.15) is 0 Å². The van der Waals surface area contributed by atoms with Crippen LogP contribution in [0.25, 0.3) is 0 Å². The van der Waals surface area contributed by atoms with Gasteiger partial charge >= 0.3 is 5.97 Å². The summed E-state index contributed by atoms with van der Waals surface area (Å²) in [6.45, 7) is 5.53. The van der Waals surface area contributed by atoms with Gasteiger partial charge in [-0.25, -0.2) is 4.79 Å². The molecule has 1 aromatic carbocycles. The van der Waals surface area contributed by atoms with E-state index in [-0.39, 0.29) is 11.3 Å². The molecule has 0 heterocycles. The maximum absolute atomic E-state index is 12.0. The van der Waals surface area contributed by atoms with Gasteiger partial charge in [0.2, 0.25) is 5.91 Å². The molecule has 0 aromatic heterocycles. The van der Waals surface area contributed by atoms with Crippen molar-refractivity contribution in [2.24, 2.45) is 11.1 Å². The Bertz CT molecular complexity index is 509. The molecule has 1 atom stereocenters. The van der Waals surface area contributed by atoms with Gasteiger partial charge in [-0.05, 0) is 23.6 Å². The molecule has 4 N–H and O–H groups in total. The molecule has 0 aliphatic rings. The van der Waals surface area contributed by atoms with Crippen LogP contribution in [0, 0.1) is 5.41 Å². The van der Waals surface area contributed by atoms with Crippen molar-refractivity contribution in [1.82, 2.24) is 0 Å². The van der Waals surface area contributed by atoms with E-state index in [1.54, 1.807) is 6.07 Å². The highest BCUT2D eigenvalue weighted by Crippen LogP contribution is 2.23. The summed E-state index contributed by atoms with van der Waals surface area (Å²) in [6.07, 6.45) is 0. The lowest BCUT2D eigenvalue weighted by Gasteiger charge is -2.26. The van der Waals surface area contributed by atoms with Crippen LogP contribution in [-0.4, -0.2) is 23.0 Å². The normalized spacial score (nSPS) is 12.9. The number of carboxylic acids is 1. The van der Waals surface area contributed by atoms with Crippen LogP contribution >= 0.6 is 15.9 Å². The summed E-state index contributed by atoms with van der Waals surface area (Å²) >= 11 is 3.19. The van der Waals surface area contributed by atoms with Crippen LogP contribution in [0.15, 0.2) is 22.7 Å². The number of carbonyl (C=O) groups is 2. The highest BCUT2D eigenvalue weighted by atomic mass is 79.9. The van der Waals surface area contributed by atoms with Gasteiger partial charge < -0.3 is 16.2 Å². The number of nitrogens with one attached hydrogen (secondary N) is 1. The number of rotatable bonds is 3. The number of hydrogen-bond donors (Lipinski definition) is 3. The second-order valence-electron chi connectivity index (χ2n) is 5.33.